The van der Waals surface area contributed by atoms with Crippen molar-refractivity contribution in [3.63, 3.8) is 0 Å². The fourth-order valence-corrected chi connectivity index (χ4v) is 6.93. The van der Waals surface area contributed by atoms with Crippen LogP contribution in [0.3, 0.4) is 0 Å². The summed E-state index contributed by atoms with van der Waals surface area (Å²) in [4.78, 5) is 27.2. The summed E-state index contributed by atoms with van der Waals surface area (Å²) in [5, 5.41) is 0. The Morgan fingerprint density at radius 3 is 1.85 bits per heavy atom. The fourth-order valence-electron chi connectivity index (χ4n) is 5.82. The third-order valence-corrected chi connectivity index (χ3v) is 9.55. The first kappa shape index (κ1) is 31.4. The molecule has 1 aliphatic heterocycles. The molecule has 0 unspecified atom stereocenters. The first-order valence-electron chi connectivity index (χ1n) is 15.0. The van der Waals surface area contributed by atoms with Crippen molar-refractivity contribution in [1.82, 2.24) is 9.55 Å². The molecule has 0 saturated carbocycles. The minimum Gasteiger partial charge on any atom is -0.358 e. The molecule has 0 bridgehead atoms. The van der Waals surface area contributed by atoms with E-state index in [0.29, 0.717) is 5.56 Å². The topological polar surface area (TPSA) is 117 Å². The standard InChI is InChI=1S/C36H34N2O7S/c1-25-18-20-30(21-19-25)46(41,42)45-31-22-33(38-23-26(2)34(39)37-35(38)40)44-32(31)24-43-36(27-12-6-3-7-13-27,28-14-8-4-9-15-28)29-16-10-5-11-17-29/h3-21,23,31-33H,22,24H2,1-2H3,(H,37,39,40)/t31-,32-,33-/m1/s1. The number of benzene rings is 4. The number of aromatic nitrogens is 2. The van der Waals surface area contributed by atoms with Gasteiger partial charge in [-0.3, -0.25) is 18.5 Å². The highest BCUT2D eigenvalue weighted by Gasteiger charge is 2.44. The Morgan fingerprint density at radius 2 is 1.33 bits per heavy atom. The number of hydrogen-bond donors (Lipinski definition) is 1. The van der Waals surface area contributed by atoms with Crippen LogP contribution in [0.5, 0.6) is 0 Å². The Hall–Kier alpha value is -4.61. The maximum atomic E-state index is 13.5. The van der Waals surface area contributed by atoms with Crippen molar-refractivity contribution in [3.8, 4) is 0 Å². The lowest BCUT2D eigenvalue weighted by atomic mass is 9.80. The molecule has 1 fully saturated rings. The molecule has 0 amide bonds. The van der Waals surface area contributed by atoms with Gasteiger partial charge < -0.3 is 9.47 Å². The molecule has 1 N–H and O–H groups in total. The number of H-pyrrole nitrogens is 1. The summed E-state index contributed by atoms with van der Waals surface area (Å²) in [7, 11) is -4.22. The van der Waals surface area contributed by atoms with Crippen molar-refractivity contribution < 1.29 is 22.1 Å². The molecule has 3 atom stereocenters. The van der Waals surface area contributed by atoms with Crippen LogP contribution in [0.4, 0.5) is 0 Å². The Labute approximate surface area is 267 Å². The van der Waals surface area contributed by atoms with Crippen LogP contribution in [-0.4, -0.2) is 36.8 Å². The number of hydrogen-bond acceptors (Lipinski definition) is 7. The summed E-state index contributed by atoms with van der Waals surface area (Å²) in [6.45, 7) is 3.34. The molecule has 1 aromatic heterocycles. The molecule has 236 valence electrons. The van der Waals surface area contributed by atoms with Gasteiger partial charge in [-0.1, -0.05) is 109 Å². The number of nitrogens with one attached hydrogen (secondary N) is 1. The van der Waals surface area contributed by atoms with Gasteiger partial charge in [0.2, 0.25) is 0 Å². The SMILES string of the molecule is Cc1ccc(S(=O)(=O)O[C@@H]2C[C@H](n3cc(C)c(=O)[nH]c3=O)O[C@@H]2COC(c2ccccc2)(c2ccccc2)c2ccccc2)cc1. The smallest absolute Gasteiger partial charge is 0.330 e. The molecular weight excluding hydrogens is 604 g/mol. The summed E-state index contributed by atoms with van der Waals surface area (Å²) in [5.41, 5.74) is 1.52. The maximum absolute atomic E-state index is 13.5. The normalized spacial score (nSPS) is 18.4. The molecule has 1 aliphatic rings. The van der Waals surface area contributed by atoms with Crippen LogP contribution in [0.1, 0.15) is 40.5 Å². The van der Waals surface area contributed by atoms with Gasteiger partial charge in [-0.2, -0.15) is 8.42 Å². The van der Waals surface area contributed by atoms with Gasteiger partial charge in [0.05, 0.1) is 11.5 Å². The van der Waals surface area contributed by atoms with E-state index in [9.17, 15) is 18.0 Å². The second-order valence-corrected chi connectivity index (χ2v) is 12.9. The predicted octanol–water partition coefficient (Wildman–Crippen LogP) is 5.22. The number of aryl methyl sites for hydroxylation is 2. The molecule has 4 aromatic carbocycles. The summed E-state index contributed by atoms with van der Waals surface area (Å²) in [6.07, 6.45) is -1.44. The molecule has 0 spiro atoms. The van der Waals surface area contributed by atoms with Crippen LogP contribution >= 0.6 is 0 Å². The summed E-state index contributed by atoms with van der Waals surface area (Å²) < 4.78 is 47.4. The van der Waals surface area contributed by atoms with Gasteiger partial charge in [-0.25, -0.2) is 4.79 Å². The lowest BCUT2D eigenvalue weighted by Gasteiger charge is -2.37. The number of nitrogens with zero attached hydrogens (tertiary/aromatic N) is 1. The first-order valence-corrected chi connectivity index (χ1v) is 16.4. The van der Waals surface area contributed by atoms with E-state index < -0.39 is 45.4 Å². The van der Waals surface area contributed by atoms with E-state index in [4.69, 9.17) is 13.7 Å². The molecule has 2 heterocycles. The van der Waals surface area contributed by atoms with Gasteiger partial charge in [-0.15, -0.1) is 0 Å². The minimum absolute atomic E-state index is 0.00507. The van der Waals surface area contributed by atoms with Crippen LogP contribution in [0.2, 0.25) is 0 Å². The summed E-state index contributed by atoms with van der Waals surface area (Å²) in [6, 6.07) is 35.7. The molecule has 10 heteroatoms. The highest BCUT2D eigenvalue weighted by Crippen LogP contribution is 2.42. The molecule has 0 radical (unpaired) electrons. The van der Waals surface area contributed by atoms with E-state index in [1.54, 1.807) is 19.1 Å². The Kier molecular flexibility index (Phi) is 8.88. The van der Waals surface area contributed by atoms with Gasteiger partial charge >= 0.3 is 5.69 Å². The Bertz CT molecular complexity index is 1910. The largest absolute Gasteiger partial charge is 0.358 e. The average molecular weight is 639 g/mol. The highest BCUT2D eigenvalue weighted by molar-refractivity contribution is 7.86. The maximum Gasteiger partial charge on any atom is 0.330 e. The Morgan fingerprint density at radius 1 is 0.804 bits per heavy atom. The van der Waals surface area contributed by atoms with Crippen LogP contribution in [0.25, 0.3) is 0 Å². The fraction of sp³-hybridized carbons (Fsp3) is 0.222. The average Bonchev–Trinajstić information content (AvgIpc) is 3.46. The summed E-state index contributed by atoms with van der Waals surface area (Å²) >= 11 is 0. The van der Waals surface area contributed by atoms with Crippen molar-refractivity contribution in [3.05, 3.63) is 170 Å². The van der Waals surface area contributed by atoms with Crippen LogP contribution in [-0.2, 0) is 29.4 Å². The van der Waals surface area contributed by atoms with E-state index in [1.807, 2.05) is 97.9 Å². The number of ether oxygens (including phenoxy) is 2. The third kappa shape index (κ3) is 6.25. The second kappa shape index (κ2) is 13.0. The van der Waals surface area contributed by atoms with Crippen molar-refractivity contribution in [1.29, 1.82) is 0 Å². The molecule has 0 aliphatic carbocycles. The van der Waals surface area contributed by atoms with Crippen molar-refractivity contribution in [2.45, 2.75) is 49.2 Å². The van der Waals surface area contributed by atoms with Gasteiger partial charge in [-0.05, 0) is 42.7 Å². The van der Waals surface area contributed by atoms with Crippen LogP contribution in [0, 0.1) is 13.8 Å². The Balaban J connectivity index is 1.41. The molecule has 5 aromatic rings. The highest BCUT2D eigenvalue weighted by atomic mass is 32.2. The van der Waals surface area contributed by atoms with E-state index in [-0.39, 0.29) is 17.9 Å². The predicted molar refractivity (Wildman–Crippen MR) is 173 cm³/mol. The van der Waals surface area contributed by atoms with Crippen molar-refractivity contribution >= 4 is 10.1 Å². The lowest BCUT2D eigenvalue weighted by Crippen LogP contribution is -2.39. The minimum atomic E-state index is -4.22. The molecular formula is C36H34N2O7S. The van der Waals surface area contributed by atoms with Crippen LogP contribution < -0.4 is 11.2 Å². The molecule has 46 heavy (non-hydrogen) atoms. The van der Waals surface area contributed by atoms with Crippen molar-refractivity contribution in [2.75, 3.05) is 6.61 Å². The first-order chi connectivity index (χ1) is 22.2. The zero-order valence-electron chi connectivity index (χ0n) is 25.4. The zero-order valence-corrected chi connectivity index (χ0v) is 26.2. The molecule has 6 rings (SSSR count). The van der Waals surface area contributed by atoms with Crippen molar-refractivity contribution in [2.24, 2.45) is 0 Å². The van der Waals surface area contributed by atoms with Gasteiger partial charge in [0, 0.05) is 18.2 Å². The number of rotatable bonds is 10. The summed E-state index contributed by atoms with van der Waals surface area (Å²) in [5.74, 6) is 0. The van der Waals surface area contributed by atoms with Gasteiger partial charge in [0.1, 0.15) is 24.0 Å². The van der Waals surface area contributed by atoms with E-state index in [0.717, 1.165) is 22.3 Å². The van der Waals surface area contributed by atoms with Gasteiger partial charge in [0.15, 0.2) is 0 Å². The van der Waals surface area contributed by atoms with E-state index in [2.05, 4.69) is 4.98 Å². The van der Waals surface area contributed by atoms with E-state index >= 15 is 0 Å². The van der Waals surface area contributed by atoms with Gasteiger partial charge in [0.25, 0.3) is 15.7 Å². The monoisotopic (exact) mass is 638 g/mol. The molecule has 9 nitrogen and oxygen atoms in total. The van der Waals surface area contributed by atoms with Crippen LogP contribution in [0.15, 0.2) is 136 Å². The second-order valence-electron chi connectivity index (χ2n) is 11.3. The molecule has 1 saturated heterocycles. The quantitative estimate of drug-likeness (QED) is 0.165. The third-order valence-electron chi connectivity index (χ3n) is 8.20. The van der Waals surface area contributed by atoms with E-state index in [1.165, 1.54) is 22.9 Å². The number of aromatic amines is 1. The lowest BCUT2D eigenvalue weighted by molar-refractivity contribution is -0.0911. The zero-order chi connectivity index (χ0) is 32.3.